The number of amides is 1. The Hall–Kier alpha value is -2.58. The van der Waals surface area contributed by atoms with Crippen molar-refractivity contribution in [3.63, 3.8) is 0 Å². The molecule has 1 heterocycles. The number of aromatic amines is 1. The molecule has 1 aromatic heterocycles. The van der Waals surface area contributed by atoms with E-state index in [2.05, 4.69) is 15.0 Å². The van der Waals surface area contributed by atoms with Crippen molar-refractivity contribution in [1.29, 1.82) is 0 Å². The van der Waals surface area contributed by atoms with E-state index in [0.717, 1.165) is 12.1 Å². The van der Waals surface area contributed by atoms with Crippen LogP contribution >= 0.6 is 11.6 Å². The normalized spacial score (nSPS) is 11.5. The van der Waals surface area contributed by atoms with Crippen LogP contribution in [0.1, 0.15) is 10.5 Å². The molecule has 130 valence electrons. The molecule has 0 saturated carbocycles. The highest BCUT2D eigenvalue weighted by Gasteiger charge is 2.20. The number of anilines is 1. The quantitative estimate of drug-likeness (QED) is 0.648. The van der Waals surface area contributed by atoms with Crippen molar-refractivity contribution >= 4 is 44.1 Å². The zero-order valence-corrected chi connectivity index (χ0v) is 14.5. The van der Waals surface area contributed by atoms with Gasteiger partial charge < -0.3 is 10.3 Å². The third-order valence-electron chi connectivity index (χ3n) is 3.53. The molecule has 2 aromatic carbocycles. The van der Waals surface area contributed by atoms with Crippen LogP contribution < -0.4 is 10.0 Å². The molecule has 3 aromatic rings. The van der Waals surface area contributed by atoms with E-state index in [1.165, 1.54) is 25.2 Å². The standard InChI is InChI=1S/C16H13ClFN3O3S/c1-19-16(22)14-7-9-6-11(3-5-13(9)20-14)21-25(23,24)15-8-10(17)2-4-12(15)18/h2-8,20-21H,1H3,(H,19,22). The second kappa shape index (κ2) is 6.38. The van der Waals surface area contributed by atoms with Crippen LogP contribution in [0.25, 0.3) is 10.9 Å². The predicted octanol–water partition coefficient (Wildman–Crippen LogP) is 3.12. The average Bonchev–Trinajstić information content (AvgIpc) is 2.99. The number of carbonyl (C=O) groups is 1. The van der Waals surface area contributed by atoms with Crippen molar-refractivity contribution in [1.82, 2.24) is 10.3 Å². The van der Waals surface area contributed by atoms with Gasteiger partial charge in [-0.2, -0.15) is 0 Å². The van der Waals surface area contributed by atoms with Crippen molar-refractivity contribution in [2.45, 2.75) is 4.90 Å². The summed E-state index contributed by atoms with van der Waals surface area (Å²) in [5.74, 6) is -1.19. The molecule has 6 nitrogen and oxygen atoms in total. The van der Waals surface area contributed by atoms with Crippen LogP contribution in [0.15, 0.2) is 47.4 Å². The van der Waals surface area contributed by atoms with Gasteiger partial charge in [-0.05, 0) is 42.5 Å². The SMILES string of the molecule is CNC(=O)c1cc2cc(NS(=O)(=O)c3cc(Cl)ccc3F)ccc2[nH]1. The molecule has 3 N–H and O–H groups in total. The van der Waals surface area contributed by atoms with Crippen LogP contribution in [-0.4, -0.2) is 26.4 Å². The van der Waals surface area contributed by atoms with Gasteiger partial charge in [-0.3, -0.25) is 9.52 Å². The van der Waals surface area contributed by atoms with Crippen LogP contribution in [0.4, 0.5) is 10.1 Å². The molecule has 0 aliphatic rings. The van der Waals surface area contributed by atoms with Crippen molar-refractivity contribution in [3.8, 4) is 0 Å². The zero-order valence-electron chi connectivity index (χ0n) is 12.9. The molecule has 0 aliphatic heterocycles. The van der Waals surface area contributed by atoms with Gasteiger partial charge in [-0.15, -0.1) is 0 Å². The first kappa shape index (κ1) is 17.2. The van der Waals surface area contributed by atoms with E-state index in [4.69, 9.17) is 11.6 Å². The Bertz CT molecular complexity index is 1080. The largest absolute Gasteiger partial charge is 0.354 e. The second-order valence-electron chi connectivity index (χ2n) is 5.24. The van der Waals surface area contributed by atoms with Crippen molar-refractivity contribution in [3.05, 3.63) is 59.0 Å². The summed E-state index contributed by atoms with van der Waals surface area (Å²) >= 11 is 5.75. The maximum atomic E-state index is 13.8. The first-order chi connectivity index (χ1) is 11.8. The molecule has 1 amide bonds. The summed E-state index contributed by atoms with van der Waals surface area (Å²) in [5.41, 5.74) is 1.24. The summed E-state index contributed by atoms with van der Waals surface area (Å²) in [6.07, 6.45) is 0. The number of hydrogen-bond donors (Lipinski definition) is 3. The Balaban J connectivity index is 1.96. The highest BCUT2D eigenvalue weighted by Crippen LogP contribution is 2.25. The molecule has 3 rings (SSSR count). The smallest absolute Gasteiger partial charge is 0.267 e. The van der Waals surface area contributed by atoms with Gasteiger partial charge in [0.15, 0.2) is 0 Å². The summed E-state index contributed by atoms with van der Waals surface area (Å²) < 4.78 is 40.9. The number of benzene rings is 2. The molecule has 0 fully saturated rings. The highest BCUT2D eigenvalue weighted by molar-refractivity contribution is 7.92. The molecule has 9 heteroatoms. The number of fused-ring (bicyclic) bond motifs is 1. The lowest BCUT2D eigenvalue weighted by atomic mass is 10.2. The van der Waals surface area contributed by atoms with Crippen molar-refractivity contribution in [2.24, 2.45) is 0 Å². The van der Waals surface area contributed by atoms with Crippen molar-refractivity contribution < 1.29 is 17.6 Å². The van der Waals surface area contributed by atoms with Crippen LogP contribution in [0.3, 0.4) is 0 Å². The molecule has 0 spiro atoms. The fourth-order valence-electron chi connectivity index (χ4n) is 2.35. The lowest BCUT2D eigenvalue weighted by Gasteiger charge is -2.09. The van der Waals surface area contributed by atoms with Crippen LogP contribution in [0.5, 0.6) is 0 Å². The van der Waals surface area contributed by atoms with Gasteiger partial charge in [0.1, 0.15) is 16.4 Å². The van der Waals surface area contributed by atoms with Gasteiger partial charge in [-0.1, -0.05) is 11.6 Å². The number of aromatic nitrogens is 1. The maximum Gasteiger partial charge on any atom is 0.267 e. The van der Waals surface area contributed by atoms with Crippen LogP contribution in [0.2, 0.25) is 5.02 Å². The molecule has 0 atom stereocenters. The monoisotopic (exact) mass is 381 g/mol. The Morgan fingerprint density at radius 1 is 1.16 bits per heavy atom. The third kappa shape index (κ3) is 3.45. The van der Waals surface area contributed by atoms with Crippen molar-refractivity contribution in [2.75, 3.05) is 11.8 Å². The van der Waals surface area contributed by atoms with E-state index in [1.54, 1.807) is 12.1 Å². The second-order valence-corrected chi connectivity index (χ2v) is 7.33. The third-order valence-corrected chi connectivity index (χ3v) is 5.16. The molecule has 0 saturated heterocycles. The fraction of sp³-hybridized carbons (Fsp3) is 0.0625. The summed E-state index contributed by atoms with van der Waals surface area (Å²) in [4.78, 5) is 14.0. The first-order valence-corrected chi connectivity index (χ1v) is 8.99. The average molecular weight is 382 g/mol. The molecule has 25 heavy (non-hydrogen) atoms. The highest BCUT2D eigenvalue weighted by atomic mass is 35.5. The number of H-pyrrole nitrogens is 1. The summed E-state index contributed by atoms with van der Waals surface area (Å²) in [7, 11) is -2.64. The van der Waals surface area contributed by atoms with Crippen LogP contribution in [0, 0.1) is 5.82 Å². The van der Waals surface area contributed by atoms with E-state index in [-0.39, 0.29) is 16.6 Å². The van der Waals surface area contributed by atoms with Gasteiger partial charge in [-0.25, -0.2) is 12.8 Å². The van der Waals surface area contributed by atoms with E-state index >= 15 is 0 Å². The number of rotatable bonds is 4. The van der Waals surface area contributed by atoms with Gasteiger partial charge in [0.2, 0.25) is 0 Å². The predicted molar refractivity (Wildman–Crippen MR) is 93.9 cm³/mol. The zero-order chi connectivity index (χ0) is 18.2. The lowest BCUT2D eigenvalue weighted by molar-refractivity contribution is 0.0959. The number of nitrogens with one attached hydrogen (secondary N) is 3. The molecule has 0 radical (unpaired) electrons. The number of sulfonamides is 1. The molecular weight excluding hydrogens is 369 g/mol. The van der Waals surface area contributed by atoms with E-state index in [0.29, 0.717) is 16.6 Å². The minimum atomic E-state index is -4.15. The van der Waals surface area contributed by atoms with Gasteiger partial charge in [0, 0.05) is 28.7 Å². The van der Waals surface area contributed by atoms with Gasteiger partial charge in [0.05, 0.1) is 0 Å². The first-order valence-electron chi connectivity index (χ1n) is 7.13. The summed E-state index contributed by atoms with van der Waals surface area (Å²) in [6, 6.07) is 9.55. The van der Waals surface area contributed by atoms with Gasteiger partial charge >= 0.3 is 0 Å². The Morgan fingerprint density at radius 3 is 2.64 bits per heavy atom. The summed E-state index contributed by atoms with van der Waals surface area (Å²) in [6.45, 7) is 0. The molecular formula is C16H13ClFN3O3S. The lowest BCUT2D eigenvalue weighted by Crippen LogP contribution is -2.17. The maximum absolute atomic E-state index is 13.8. The summed E-state index contributed by atoms with van der Waals surface area (Å²) in [5, 5.41) is 3.23. The van der Waals surface area contributed by atoms with E-state index in [9.17, 15) is 17.6 Å². The molecule has 0 aliphatic carbocycles. The number of halogens is 2. The molecule has 0 unspecified atom stereocenters. The van der Waals surface area contributed by atoms with E-state index < -0.39 is 20.7 Å². The Morgan fingerprint density at radius 2 is 1.92 bits per heavy atom. The Kier molecular flexibility index (Phi) is 4.40. The Labute approximate surface area is 148 Å². The minimum Gasteiger partial charge on any atom is -0.354 e. The topological polar surface area (TPSA) is 91.1 Å². The van der Waals surface area contributed by atoms with E-state index in [1.807, 2.05) is 0 Å². The van der Waals surface area contributed by atoms with Crippen LogP contribution in [-0.2, 0) is 10.0 Å². The van der Waals surface area contributed by atoms with Gasteiger partial charge in [0.25, 0.3) is 15.9 Å². The minimum absolute atomic E-state index is 0.109. The number of carbonyl (C=O) groups excluding carboxylic acids is 1. The molecule has 0 bridgehead atoms. The number of hydrogen-bond acceptors (Lipinski definition) is 3. The fourth-order valence-corrected chi connectivity index (χ4v) is 3.74.